The molecule has 1 aromatic heterocycles. The van der Waals surface area contributed by atoms with Gasteiger partial charge in [-0.1, -0.05) is 0 Å². The SMILES string of the molecule is COc1ccc(SCc2ccc(C(=O)NN)o2)cc1. The Morgan fingerprint density at radius 1 is 1.32 bits per heavy atom. The lowest BCUT2D eigenvalue weighted by atomic mass is 10.3. The zero-order chi connectivity index (χ0) is 13.7. The van der Waals surface area contributed by atoms with Crippen LogP contribution >= 0.6 is 11.8 Å². The van der Waals surface area contributed by atoms with Crippen molar-refractivity contribution >= 4 is 17.7 Å². The number of hydrazine groups is 1. The number of thioether (sulfide) groups is 1. The molecule has 1 heterocycles. The molecule has 0 aliphatic carbocycles. The number of benzene rings is 1. The first-order chi connectivity index (χ1) is 9.22. The quantitative estimate of drug-likeness (QED) is 0.379. The molecule has 0 spiro atoms. The third-order valence-electron chi connectivity index (χ3n) is 2.46. The van der Waals surface area contributed by atoms with E-state index in [0.29, 0.717) is 5.75 Å². The minimum atomic E-state index is -0.430. The Bertz CT molecular complexity index is 551. The van der Waals surface area contributed by atoms with Gasteiger partial charge in [0.05, 0.1) is 12.9 Å². The molecule has 0 saturated carbocycles. The average molecular weight is 278 g/mol. The smallest absolute Gasteiger partial charge is 0.300 e. The maximum atomic E-state index is 11.2. The van der Waals surface area contributed by atoms with Gasteiger partial charge in [0.1, 0.15) is 11.5 Å². The number of nitrogens with two attached hydrogens (primary N) is 1. The van der Waals surface area contributed by atoms with Crippen LogP contribution in [0.5, 0.6) is 5.75 Å². The summed E-state index contributed by atoms with van der Waals surface area (Å²) < 4.78 is 10.5. The lowest BCUT2D eigenvalue weighted by Crippen LogP contribution is -2.29. The second kappa shape index (κ2) is 6.31. The van der Waals surface area contributed by atoms with Gasteiger partial charge in [0.15, 0.2) is 5.76 Å². The molecule has 2 aromatic rings. The van der Waals surface area contributed by atoms with Gasteiger partial charge in [-0.15, -0.1) is 11.8 Å². The van der Waals surface area contributed by atoms with Crippen molar-refractivity contribution in [3.63, 3.8) is 0 Å². The van der Waals surface area contributed by atoms with E-state index in [1.54, 1.807) is 31.0 Å². The molecule has 0 unspecified atom stereocenters. The van der Waals surface area contributed by atoms with E-state index in [4.69, 9.17) is 15.0 Å². The predicted octanol–water partition coefficient (Wildman–Crippen LogP) is 2.18. The summed E-state index contributed by atoms with van der Waals surface area (Å²) in [5.41, 5.74) is 2.03. The van der Waals surface area contributed by atoms with Crippen molar-refractivity contribution in [3.8, 4) is 5.75 Å². The van der Waals surface area contributed by atoms with Gasteiger partial charge in [-0.25, -0.2) is 5.84 Å². The highest BCUT2D eigenvalue weighted by Crippen LogP contribution is 2.25. The standard InChI is InChI=1S/C13H14N2O3S/c1-17-9-2-5-11(6-3-9)19-8-10-4-7-12(18-10)13(16)15-14/h2-7H,8,14H2,1H3,(H,15,16). The molecule has 1 aromatic carbocycles. The van der Waals surface area contributed by atoms with Gasteiger partial charge in [0.25, 0.3) is 0 Å². The molecule has 19 heavy (non-hydrogen) atoms. The van der Waals surface area contributed by atoms with Crippen molar-refractivity contribution in [3.05, 3.63) is 47.9 Å². The fourth-order valence-corrected chi connectivity index (χ4v) is 2.27. The Morgan fingerprint density at radius 2 is 2.05 bits per heavy atom. The largest absolute Gasteiger partial charge is 0.497 e. The van der Waals surface area contributed by atoms with Crippen molar-refractivity contribution in [2.24, 2.45) is 5.84 Å². The highest BCUT2D eigenvalue weighted by molar-refractivity contribution is 7.98. The lowest BCUT2D eigenvalue weighted by Gasteiger charge is -2.02. The topological polar surface area (TPSA) is 77.5 Å². The fourth-order valence-electron chi connectivity index (χ4n) is 1.48. The van der Waals surface area contributed by atoms with Crippen LogP contribution in [-0.2, 0) is 5.75 Å². The normalized spacial score (nSPS) is 10.2. The van der Waals surface area contributed by atoms with Crippen LogP contribution in [0.1, 0.15) is 16.3 Å². The zero-order valence-corrected chi connectivity index (χ0v) is 11.2. The summed E-state index contributed by atoms with van der Waals surface area (Å²) in [6.45, 7) is 0. The van der Waals surface area contributed by atoms with Crippen molar-refractivity contribution in [2.75, 3.05) is 7.11 Å². The molecule has 6 heteroatoms. The molecule has 0 fully saturated rings. The maximum Gasteiger partial charge on any atom is 0.300 e. The van der Waals surface area contributed by atoms with E-state index in [-0.39, 0.29) is 5.76 Å². The van der Waals surface area contributed by atoms with E-state index in [0.717, 1.165) is 16.4 Å². The van der Waals surface area contributed by atoms with Crippen molar-refractivity contribution < 1.29 is 13.9 Å². The molecule has 0 aliphatic heterocycles. The first-order valence-electron chi connectivity index (χ1n) is 5.59. The van der Waals surface area contributed by atoms with Crippen LogP contribution in [0.25, 0.3) is 0 Å². The Hall–Kier alpha value is -1.92. The molecule has 0 saturated heterocycles. The lowest BCUT2D eigenvalue weighted by molar-refractivity contribution is 0.0924. The van der Waals surface area contributed by atoms with Gasteiger partial charge in [-0.2, -0.15) is 0 Å². The number of nitrogen functional groups attached to an aromatic ring is 1. The predicted molar refractivity (Wildman–Crippen MR) is 72.9 cm³/mol. The molecular weight excluding hydrogens is 264 g/mol. The van der Waals surface area contributed by atoms with Crippen molar-refractivity contribution in [1.82, 2.24) is 5.43 Å². The van der Waals surface area contributed by atoms with Crippen LogP contribution in [0.2, 0.25) is 0 Å². The van der Waals surface area contributed by atoms with Crippen LogP contribution < -0.4 is 16.0 Å². The summed E-state index contributed by atoms with van der Waals surface area (Å²) in [6.07, 6.45) is 0. The second-order valence-electron chi connectivity index (χ2n) is 3.70. The summed E-state index contributed by atoms with van der Waals surface area (Å²) in [5.74, 6) is 7.00. The molecule has 5 nitrogen and oxygen atoms in total. The number of rotatable bonds is 5. The summed E-state index contributed by atoms with van der Waals surface area (Å²) in [7, 11) is 1.63. The summed E-state index contributed by atoms with van der Waals surface area (Å²) in [6, 6.07) is 11.1. The highest BCUT2D eigenvalue weighted by atomic mass is 32.2. The van der Waals surface area contributed by atoms with E-state index in [2.05, 4.69) is 0 Å². The van der Waals surface area contributed by atoms with Gasteiger partial charge >= 0.3 is 5.91 Å². The van der Waals surface area contributed by atoms with E-state index in [1.165, 1.54) is 0 Å². The number of nitrogens with one attached hydrogen (secondary N) is 1. The molecule has 1 amide bonds. The second-order valence-corrected chi connectivity index (χ2v) is 4.75. The molecule has 0 aliphatic rings. The molecule has 0 bridgehead atoms. The fraction of sp³-hybridized carbons (Fsp3) is 0.154. The van der Waals surface area contributed by atoms with E-state index < -0.39 is 5.91 Å². The van der Waals surface area contributed by atoms with Crippen LogP contribution in [0, 0.1) is 0 Å². The van der Waals surface area contributed by atoms with Crippen LogP contribution in [0.3, 0.4) is 0 Å². The Labute approximate surface area is 115 Å². The van der Waals surface area contributed by atoms with Gasteiger partial charge in [-0.05, 0) is 36.4 Å². The number of hydrogen-bond acceptors (Lipinski definition) is 5. The number of carbonyl (C=O) groups excluding carboxylic acids is 1. The van der Waals surface area contributed by atoms with Gasteiger partial charge in [0.2, 0.25) is 0 Å². The number of hydrogen-bond donors (Lipinski definition) is 2. The van der Waals surface area contributed by atoms with Crippen molar-refractivity contribution in [1.29, 1.82) is 0 Å². The minimum Gasteiger partial charge on any atom is -0.497 e. The third kappa shape index (κ3) is 3.52. The van der Waals surface area contributed by atoms with Crippen LogP contribution in [0.15, 0.2) is 45.7 Å². The third-order valence-corrected chi connectivity index (χ3v) is 3.49. The van der Waals surface area contributed by atoms with Crippen LogP contribution in [-0.4, -0.2) is 13.0 Å². The molecule has 3 N–H and O–H groups in total. The van der Waals surface area contributed by atoms with Crippen molar-refractivity contribution in [2.45, 2.75) is 10.6 Å². The van der Waals surface area contributed by atoms with Crippen LogP contribution in [0.4, 0.5) is 0 Å². The number of furan rings is 1. The molecule has 0 radical (unpaired) electrons. The first-order valence-corrected chi connectivity index (χ1v) is 6.58. The van der Waals surface area contributed by atoms with E-state index in [1.807, 2.05) is 29.7 Å². The maximum absolute atomic E-state index is 11.2. The summed E-state index contributed by atoms with van der Waals surface area (Å²) >= 11 is 1.61. The van der Waals surface area contributed by atoms with Gasteiger partial charge in [-0.3, -0.25) is 10.2 Å². The van der Waals surface area contributed by atoms with E-state index in [9.17, 15) is 4.79 Å². The molecule has 2 rings (SSSR count). The number of methoxy groups -OCH3 is 1. The average Bonchev–Trinajstić information content (AvgIpc) is 2.93. The first kappa shape index (κ1) is 13.5. The Morgan fingerprint density at radius 3 is 2.68 bits per heavy atom. The van der Waals surface area contributed by atoms with Gasteiger partial charge < -0.3 is 9.15 Å². The number of amides is 1. The molecule has 100 valence electrons. The minimum absolute atomic E-state index is 0.216. The van der Waals surface area contributed by atoms with E-state index >= 15 is 0 Å². The summed E-state index contributed by atoms with van der Waals surface area (Å²) in [4.78, 5) is 12.3. The molecular formula is C13H14N2O3S. The monoisotopic (exact) mass is 278 g/mol. The number of carbonyl (C=O) groups is 1. The Kier molecular flexibility index (Phi) is 4.48. The Balaban J connectivity index is 1.94. The zero-order valence-electron chi connectivity index (χ0n) is 10.4. The molecule has 0 atom stereocenters. The highest BCUT2D eigenvalue weighted by Gasteiger charge is 2.09. The van der Waals surface area contributed by atoms with Gasteiger partial charge in [0, 0.05) is 4.90 Å². The summed E-state index contributed by atoms with van der Waals surface area (Å²) in [5, 5.41) is 0. The number of ether oxygens (including phenoxy) is 1.